The molecule has 0 saturated carbocycles. The van der Waals surface area contributed by atoms with Gasteiger partial charge in [0.1, 0.15) is 116 Å². The molecule has 5 saturated heterocycles. The average Bonchev–Trinajstić information content (AvgIpc) is 3.22. The first-order valence-corrected chi connectivity index (χ1v) is 19.5. The molecule has 0 aromatic carbocycles. The van der Waals surface area contributed by atoms with Gasteiger partial charge in [0, 0.05) is 13.8 Å². The molecule has 16 N–H and O–H groups in total. The Balaban J connectivity index is 1.52. The number of nitrogens with one attached hydrogen (secondary N) is 2. The van der Waals surface area contributed by atoms with Crippen molar-refractivity contribution in [2.45, 2.75) is 174 Å². The van der Waals surface area contributed by atoms with Gasteiger partial charge in [-0.25, -0.2) is 0 Å². The summed E-state index contributed by atoms with van der Waals surface area (Å²) in [5.41, 5.74) is 0. The fourth-order valence-electron chi connectivity index (χ4n) is 7.75. The van der Waals surface area contributed by atoms with Gasteiger partial charge in [-0.05, 0) is 6.92 Å². The molecule has 61 heavy (non-hydrogen) atoms. The predicted molar refractivity (Wildman–Crippen MR) is 188 cm³/mol. The summed E-state index contributed by atoms with van der Waals surface area (Å²) >= 11 is 0. The number of carbonyl (C=O) groups excluding carboxylic acids is 2. The molecule has 5 fully saturated rings. The molecule has 5 rings (SSSR count). The summed E-state index contributed by atoms with van der Waals surface area (Å²) < 4.78 is 52.0. The number of ether oxygens (including phenoxy) is 9. The van der Waals surface area contributed by atoms with E-state index < -0.39 is 192 Å². The van der Waals surface area contributed by atoms with Crippen molar-refractivity contribution in [3.8, 4) is 0 Å². The van der Waals surface area contributed by atoms with Crippen molar-refractivity contribution >= 4 is 11.8 Å². The van der Waals surface area contributed by atoms with E-state index >= 15 is 0 Å². The van der Waals surface area contributed by atoms with E-state index in [2.05, 4.69) is 10.6 Å². The van der Waals surface area contributed by atoms with Gasteiger partial charge in [-0.1, -0.05) is 0 Å². The average molecular weight is 895 g/mol. The highest BCUT2D eigenvalue weighted by Crippen LogP contribution is 2.37. The van der Waals surface area contributed by atoms with E-state index in [1.54, 1.807) is 0 Å². The fourth-order valence-corrected chi connectivity index (χ4v) is 7.75. The number of hydrogen-bond donors (Lipinski definition) is 16. The number of amides is 2. The molecular formula is C34H58N2O25. The summed E-state index contributed by atoms with van der Waals surface area (Å²) in [6.07, 6.45) is -41.8. The van der Waals surface area contributed by atoms with Crippen LogP contribution in [0.2, 0.25) is 0 Å². The van der Waals surface area contributed by atoms with Crippen LogP contribution in [-0.4, -0.2) is 263 Å². The lowest BCUT2D eigenvalue weighted by atomic mass is 9.94. The third-order valence-electron chi connectivity index (χ3n) is 11.1. The van der Waals surface area contributed by atoms with Gasteiger partial charge >= 0.3 is 0 Å². The Labute approximate surface area is 346 Å². The largest absolute Gasteiger partial charge is 0.394 e. The predicted octanol–water partition coefficient (Wildman–Crippen LogP) is -10.6. The van der Waals surface area contributed by atoms with Crippen LogP contribution in [0.4, 0.5) is 0 Å². The van der Waals surface area contributed by atoms with Crippen LogP contribution in [0.1, 0.15) is 20.8 Å². The summed E-state index contributed by atoms with van der Waals surface area (Å²) in [4.78, 5) is 24.6. The molecule has 2 amide bonds. The van der Waals surface area contributed by atoms with Gasteiger partial charge in [0.2, 0.25) is 11.8 Å². The van der Waals surface area contributed by atoms with Crippen molar-refractivity contribution in [3.05, 3.63) is 0 Å². The normalized spacial score (nSPS) is 49.6. The lowest BCUT2D eigenvalue weighted by molar-refractivity contribution is -0.401. The fraction of sp³-hybridized carbons (Fsp3) is 0.941. The third kappa shape index (κ3) is 10.8. The molecular weight excluding hydrogens is 836 g/mol. The van der Waals surface area contributed by atoms with Crippen LogP contribution in [0.3, 0.4) is 0 Å². The van der Waals surface area contributed by atoms with E-state index in [0.29, 0.717) is 0 Å². The molecule has 25 atom stereocenters. The van der Waals surface area contributed by atoms with Crippen molar-refractivity contribution in [2.75, 3.05) is 26.4 Å². The van der Waals surface area contributed by atoms with Gasteiger partial charge in [0.05, 0.1) is 32.5 Å². The zero-order valence-corrected chi connectivity index (χ0v) is 33.0. The molecule has 0 spiro atoms. The van der Waals surface area contributed by atoms with Gasteiger partial charge in [-0.15, -0.1) is 0 Å². The van der Waals surface area contributed by atoms with Gasteiger partial charge in [0.15, 0.2) is 31.5 Å². The van der Waals surface area contributed by atoms with Crippen LogP contribution in [0, 0.1) is 0 Å². The van der Waals surface area contributed by atoms with Crippen molar-refractivity contribution < 1.29 is 124 Å². The highest BCUT2D eigenvalue weighted by atomic mass is 16.8. The van der Waals surface area contributed by atoms with Gasteiger partial charge < -0.3 is 125 Å². The van der Waals surface area contributed by atoms with Crippen molar-refractivity contribution in [2.24, 2.45) is 0 Å². The molecule has 0 radical (unpaired) electrons. The Morgan fingerprint density at radius 3 is 1.43 bits per heavy atom. The smallest absolute Gasteiger partial charge is 0.217 e. The zero-order valence-electron chi connectivity index (χ0n) is 33.0. The highest BCUT2D eigenvalue weighted by molar-refractivity contribution is 5.73. The van der Waals surface area contributed by atoms with Crippen LogP contribution in [0.25, 0.3) is 0 Å². The minimum atomic E-state index is -2.04. The summed E-state index contributed by atoms with van der Waals surface area (Å²) in [5.74, 6) is -1.56. The number of hydrogen-bond acceptors (Lipinski definition) is 25. The van der Waals surface area contributed by atoms with Crippen LogP contribution < -0.4 is 10.6 Å². The summed E-state index contributed by atoms with van der Waals surface area (Å²) in [6, 6.07) is -3.32. The molecule has 27 nitrogen and oxygen atoms in total. The molecule has 5 heterocycles. The lowest BCUT2D eigenvalue weighted by Gasteiger charge is -2.51. The van der Waals surface area contributed by atoms with Gasteiger partial charge in [-0.3, -0.25) is 9.59 Å². The molecule has 27 heteroatoms. The van der Waals surface area contributed by atoms with Gasteiger partial charge in [-0.2, -0.15) is 0 Å². The third-order valence-corrected chi connectivity index (χ3v) is 11.1. The van der Waals surface area contributed by atoms with Crippen molar-refractivity contribution in [3.63, 3.8) is 0 Å². The van der Waals surface area contributed by atoms with E-state index in [1.165, 1.54) is 6.92 Å². The molecule has 354 valence electrons. The minimum Gasteiger partial charge on any atom is -0.394 e. The van der Waals surface area contributed by atoms with Crippen molar-refractivity contribution in [1.29, 1.82) is 0 Å². The quantitative estimate of drug-likeness (QED) is 0.0770. The van der Waals surface area contributed by atoms with Crippen LogP contribution in [0.15, 0.2) is 0 Å². The molecule has 1 unspecified atom stereocenters. The highest BCUT2D eigenvalue weighted by Gasteiger charge is 2.58. The second-order valence-electron chi connectivity index (χ2n) is 15.4. The first-order chi connectivity index (χ1) is 28.8. The number of aliphatic hydroxyl groups excluding tert-OH is 14. The van der Waals surface area contributed by atoms with Crippen molar-refractivity contribution in [1.82, 2.24) is 10.6 Å². The maximum Gasteiger partial charge on any atom is 0.217 e. The Bertz CT molecular complexity index is 1420. The summed E-state index contributed by atoms with van der Waals surface area (Å²) in [7, 11) is 0. The second kappa shape index (κ2) is 21.3. The molecule has 5 aliphatic heterocycles. The van der Waals surface area contributed by atoms with Gasteiger partial charge in [0.25, 0.3) is 0 Å². The summed E-state index contributed by atoms with van der Waals surface area (Å²) in [5, 5.41) is 153. The maximum atomic E-state index is 12.4. The van der Waals surface area contributed by atoms with Crippen LogP contribution in [0.5, 0.6) is 0 Å². The first kappa shape index (κ1) is 50.0. The Morgan fingerprint density at radius 2 is 0.869 bits per heavy atom. The Kier molecular flexibility index (Phi) is 17.5. The van der Waals surface area contributed by atoms with E-state index in [0.717, 1.165) is 13.8 Å². The monoisotopic (exact) mass is 894 g/mol. The van der Waals surface area contributed by atoms with E-state index in [9.17, 15) is 81.1 Å². The molecule has 0 aromatic rings. The number of aliphatic hydroxyl groups is 14. The maximum absolute atomic E-state index is 12.4. The number of carbonyl (C=O) groups is 2. The van der Waals surface area contributed by atoms with E-state index in [4.69, 9.17) is 42.6 Å². The van der Waals surface area contributed by atoms with Crippen LogP contribution in [-0.2, 0) is 52.2 Å². The first-order valence-electron chi connectivity index (χ1n) is 19.5. The molecule has 0 aromatic heterocycles. The molecule has 0 bridgehead atoms. The SMILES string of the molecule is CC(=O)N[C@H]1[C@H](O[C@H]2[C@@H](O)[C@@H](CO)OC(O)[C@@H]2O)O[C@H](CO)[C@@H](O[C@@H]2O[C@H](CO)[C@H](O)[C@H](O[C@H]3O[C@H](CO)[C@H](O)[C@H](O)[C@H]3NC(C)=O)[C@H]2O[C@@H]2O[C@@H](C)[C@@H](O)[C@@H](O)[C@@H]2O)[C@@H]1O. The summed E-state index contributed by atoms with van der Waals surface area (Å²) in [6.45, 7) is -0.327. The van der Waals surface area contributed by atoms with Crippen LogP contribution >= 0.6 is 0 Å². The number of rotatable bonds is 14. The second-order valence-corrected chi connectivity index (χ2v) is 15.4. The standard InChI is InChI=1S/C34H58N2O25/c1-8-17(43)23(49)24(50)33(53-8)61-29-28(60-31-15(35-9(2)41)21(47)18(44)11(4-37)55-31)20(46)13(6-39)56-34(29)58-26-14(7-40)57-32(16(22(26)48)36-10(3)42)59-27-19(45)12(5-38)54-30(52)25(27)51/h8,11-34,37-40,43-52H,4-7H2,1-3H3,(H,35,41)(H,36,42)/t8-,11+,12+,13+,14+,15+,16+,17+,18-,19-,20-,21+,22+,23+,24-,25+,26+,27-,28-,29+,30?,31+,32-,33-,34-/m0/s1. The minimum absolute atomic E-state index is 0.756. The van der Waals surface area contributed by atoms with E-state index in [1.807, 2.05) is 0 Å². The Morgan fingerprint density at radius 1 is 0.426 bits per heavy atom. The zero-order chi connectivity index (χ0) is 45.2. The molecule has 0 aliphatic carbocycles. The Hall–Kier alpha value is -1.98. The molecule has 5 aliphatic rings. The van der Waals surface area contributed by atoms with E-state index in [-0.39, 0.29) is 0 Å². The lowest BCUT2D eigenvalue weighted by Crippen LogP contribution is -2.71. The topological polar surface area (TPSA) is 424 Å².